The van der Waals surface area contributed by atoms with Crippen molar-refractivity contribution >= 4 is 11.8 Å². The van der Waals surface area contributed by atoms with E-state index in [4.69, 9.17) is 4.74 Å². The second-order valence-corrected chi connectivity index (χ2v) is 4.58. The molecule has 0 N–H and O–H groups in total. The molecule has 1 heterocycles. The van der Waals surface area contributed by atoms with Crippen molar-refractivity contribution in [1.82, 2.24) is 0 Å². The first-order valence-electron chi connectivity index (χ1n) is 5.73. The number of hydrogen-bond donors (Lipinski definition) is 0. The maximum atomic E-state index is 12.1. The Balaban J connectivity index is 2.21. The molecule has 1 aromatic carbocycles. The quantitative estimate of drug-likeness (QED) is 0.348. The van der Waals surface area contributed by atoms with E-state index in [9.17, 15) is 9.59 Å². The standard InChI is InChI=1S/C14H15O3/c1-9(2)7-8-11-13(15)10-5-3-4-6-12(10)17-14(11)16/h3-6,11H,7-8H2,1-2H3/q+1. The number of Topliss-reactive ketones (excluding diaryl/α,β-unsaturated/α-hetero) is 1. The summed E-state index contributed by atoms with van der Waals surface area (Å²) >= 11 is 0. The summed E-state index contributed by atoms with van der Waals surface area (Å²) in [6.45, 7) is 3.99. The lowest BCUT2D eigenvalue weighted by molar-refractivity contribution is -0.138. The van der Waals surface area contributed by atoms with Gasteiger partial charge in [-0.1, -0.05) is 12.1 Å². The largest absolute Gasteiger partial charge is 0.425 e. The Labute approximate surface area is 101 Å². The number of benzene rings is 1. The van der Waals surface area contributed by atoms with Gasteiger partial charge in [0.25, 0.3) is 0 Å². The van der Waals surface area contributed by atoms with Gasteiger partial charge in [-0.2, -0.15) is 0 Å². The Hall–Kier alpha value is -1.77. The summed E-state index contributed by atoms with van der Waals surface area (Å²) in [7, 11) is 0. The molecule has 1 aliphatic heterocycles. The molecule has 1 aliphatic rings. The smallest absolute Gasteiger partial charge is 0.322 e. The Bertz CT molecular complexity index is 449. The van der Waals surface area contributed by atoms with Gasteiger partial charge in [0.15, 0.2) is 5.78 Å². The molecule has 0 fully saturated rings. The monoisotopic (exact) mass is 231 g/mol. The van der Waals surface area contributed by atoms with Crippen LogP contribution in [0.2, 0.25) is 0 Å². The Morgan fingerprint density at radius 2 is 1.94 bits per heavy atom. The van der Waals surface area contributed by atoms with E-state index in [2.05, 4.69) is 0 Å². The predicted molar refractivity (Wildman–Crippen MR) is 63.7 cm³/mol. The van der Waals surface area contributed by atoms with Crippen molar-refractivity contribution in [3.05, 3.63) is 35.7 Å². The maximum Gasteiger partial charge on any atom is 0.322 e. The zero-order chi connectivity index (χ0) is 12.4. The lowest BCUT2D eigenvalue weighted by atomic mass is 9.89. The number of carbonyl (C=O) groups excluding carboxylic acids is 2. The summed E-state index contributed by atoms with van der Waals surface area (Å²) in [5.74, 6) is 0.424. The third-order valence-electron chi connectivity index (χ3n) is 2.90. The molecule has 0 amide bonds. The molecule has 1 unspecified atom stereocenters. The van der Waals surface area contributed by atoms with Crippen molar-refractivity contribution in [1.29, 1.82) is 0 Å². The van der Waals surface area contributed by atoms with Crippen molar-refractivity contribution in [3.8, 4) is 5.75 Å². The van der Waals surface area contributed by atoms with Gasteiger partial charge >= 0.3 is 5.97 Å². The number of carbonyl (C=O) groups is 2. The average Bonchev–Trinajstić information content (AvgIpc) is 2.28. The number of hydrogen-bond acceptors (Lipinski definition) is 3. The average molecular weight is 231 g/mol. The minimum Gasteiger partial charge on any atom is -0.425 e. The van der Waals surface area contributed by atoms with Gasteiger partial charge in [0.2, 0.25) is 0 Å². The van der Waals surface area contributed by atoms with E-state index < -0.39 is 11.9 Å². The van der Waals surface area contributed by atoms with Gasteiger partial charge in [-0.25, -0.2) is 0 Å². The van der Waals surface area contributed by atoms with Crippen molar-refractivity contribution in [2.45, 2.75) is 26.7 Å². The van der Waals surface area contributed by atoms with Crippen molar-refractivity contribution in [2.75, 3.05) is 0 Å². The van der Waals surface area contributed by atoms with Crippen LogP contribution in [0, 0.1) is 11.8 Å². The van der Waals surface area contributed by atoms with Crippen LogP contribution in [0.5, 0.6) is 5.75 Å². The molecule has 1 aromatic rings. The first kappa shape index (κ1) is 11.7. The van der Waals surface area contributed by atoms with Crippen molar-refractivity contribution < 1.29 is 14.3 Å². The number of fused-ring (bicyclic) bond motifs is 1. The molecule has 0 bridgehead atoms. The van der Waals surface area contributed by atoms with E-state index in [0.29, 0.717) is 17.7 Å². The van der Waals surface area contributed by atoms with Crippen molar-refractivity contribution in [2.24, 2.45) is 5.92 Å². The lowest BCUT2D eigenvalue weighted by Crippen LogP contribution is -2.33. The van der Waals surface area contributed by atoms with Gasteiger partial charge in [-0.3, -0.25) is 9.59 Å². The predicted octanol–water partition coefficient (Wildman–Crippen LogP) is 2.80. The Kier molecular flexibility index (Phi) is 3.18. The summed E-state index contributed by atoms with van der Waals surface area (Å²) in [5.41, 5.74) is 0.519. The van der Waals surface area contributed by atoms with Crippen LogP contribution < -0.4 is 4.74 Å². The summed E-state index contributed by atoms with van der Waals surface area (Å²) in [5, 5.41) is 0. The highest BCUT2D eigenvalue weighted by Crippen LogP contribution is 2.30. The maximum absolute atomic E-state index is 12.1. The van der Waals surface area contributed by atoms with Gasteiger partial charge in [0, 0.05) is 6.42 Å². The molecule has 3 heteroatoms. The van der Waals surface area contributed by atoms with Crippen LogP contribution in [-0.2, 0) is 4.79 Å². The fraction of sp³-hybridized carbons (Fsp3) is 0.357. The molecule has 0 aromatic heterocycles. The second kappa shape index (κ2) is 4.62. The van der Waals surface area contributed by atoms with Gasteiger partial charge in [-0.05, 0) is 12.1 Å². The molecule has 0 saturated carbocycles. The zero-order valence-corrected chi connectivity index (χ0v) is 10.0. The topological polar surface area (TPSA) is 43.4 Å². The Morgan fingerprint density at radius 3 is 2.65 bits per heavy atom. The fourth-order valence-corrected chi connectivity index (χ4v) is 1.92. The van der Waals surface area contributed by atoms with E-state index in [-0.39, 0.29) is 5.78 Å². The highest BCUT2D eigenvalue weighted by Gasteiger charge is 2.36. The summed E-state index contributed by atoms with van der Waals surface area (Å²) in [4.78, 5) is 23.9. The first-order valence-corrected chi connectivity index (χ1v) is 5.73. The molecule has 0 aliphatic carbocycles. The third-order valence-corrected chi connectivity index (χ3v) is 2.90. The molecule has 1 atom stereocenters. The normalized spacial score (nSPS) is 18.6. The third kappa shape index (κ3) is 2.33. The SMILES string of the molecule is C[C+](C)CCC1C(=O)Oc2ccccc2C1=O. The summed E-state index contributed by atoms with van der Waals surface area (Å²) < 4.78 is 5.18. The molecule has 88 valence electrons. The zero-order valence-electron chi connectivity index (χ0n) is 10.0. The van der Waals surface area contributed by atoms with E-state index in [1.807, 2.05) is 13.8 Å². The van der Waals surface area contributed by atoms with Crippen LogP contribution in [0.4, 0.5) is 0 Å². The minimum absolute atomic E-state index is 0.113. The Morgan fingerprint density at radius 1 is 1.24 bits per heavy atom. The van der Waals surface area contributed by atoms with Crippen LogP contribution in [0.25, 0.3) is 0 Å². The first-order chi connectivity index (χ1) is 8.09. The van der Waals surface area contributed by atoms with E-state index in [1.165, 1.54) is 5.92 Å². The van der Waals surface area contributed by atoms with Crippen LogP contribution in [-0.4, -0.2) is 11.8 Å². The van der Waals surface area contributed by atoms with Gasteiger partial charge in [0.1, 0.15) is 11.7 Å². The molecular formula is C14H15O3+. The number of ether oxygens (including phenoxy) is 1. The molecule has 0 spiro atoms. The summed E-state index contributed by atoms with van der Waals surface area (Å²) in [6.07, 6.45) is 1.31. The van der Waals surface area contributed by atoms with Gasteiger partial charge in [-0.15, -0.1) is 0 Å². The second-order valence-electron chi connectivity index (χ2n) is 4.58. The van der Waals surface area contributed by atoms with Crippen LogP contribution >= 0.6 is 0 Å². The van der Waals surface area contributed by atoms with Gasteiger partial charge < -0.3 is 4.74 Å². The molecule has 0 saturated heterocycles. The number of para-hydroxylation sites is 1. The van der Waals surface area contributed by atoms with E-state index in [1.54, 1.807) is 24.3 Å². The van der Waals surface area contributed by atoms with E-state index in [0.717, 1.165) is 6.42 Å². The highest BCUT2D eigenvalue weighted by molar-refractivity contribution is 6.13. The van der Waals surface area contributed by atoms with E-state index >= 15 is 0 Å². The number of ketones is 1. The van der Waals surface area contributed by atoms with Gasteiger partial charge in [0.05, 0.1) is 31.7 Å². The van der Waals surface area contributed by atoms with Crippen molar-refractivity contribution in [3.63, 3.8) is 0 Å². The molecular weight excluding hydrogens is 216 g/mol. The van der Waals surface area contributed by atoms with Crippen LogP contribution in [0.15, 0.2) is 24.3 Å². The molecule has 3 nitrogen and oxygen atoms in total. The lowest BCUT2D eigenvalue weighted by Gasteiger charge is -2.21. The molecule has 0 radical (unpaired) electrons. The molecule has 17 heavy (non-hydrogen) atoms. The number of rotatable bonds is 3. The molecule has 2 rings (SSSR count). The minimum atomic E-state index is -0.639. The summed E-state index contributed by atoms with van der Waals surface area (Å²) in [6, 6.07) is 6.89. The van der Waals surface area contributed by atoms with Crippen LogP contribution in [0.3, 0.4) is 0 Å². The fourth-order valence-electron chi connectivity index (χ4n) is 1.92. The van der Waals surface area contributed by atoms with Crippen LogP contribution in [0.1, 0.15) is 37.0 Å². The number of esters is 1. The highest BCUT2D eigenvalue weighted by atomic mass is 16.5.